The number of hydrogen-bond donors (Lipinski definition) is 2. The zero-order valence-electron chi connectivity index (χ0n) is 21.0. The van der Waals surface area contributed by atoms with Crippen molar-refractivity contribution < 1.29 is 32.2 Å². The lowest BCUT2D eigenvalue weighted by atomic mass is 10.1. The molecule has 0 bridgehead atoms. The summed E-state index contributed by atoms with van der Waals surface area (Å²) in [5.41, 5.74) is 1.23. The molecule has 2 unspecified atom stereocenters. The van der Waals surface area contributed by atoms with Gasteiger partial charge in [0.05, 0.1) is 42.5 Å². The van der Waals surface area contributed by atoms with Crippen LogP contribution in [0.5, 0.6) is 5.75 Å². The van der Waals surface area contributed by atoms with Crippen molar-refractivity contribution in [1.82, 2.24) is 25.1 Å². The van der Waals surface area contributed by atoms with Crippen LogP contribution >= 0.6 is 11.6 Å². The van der Waals surface area contributed by atoms with Crippen LogP contribution in [0.4, 0.5) is 24.8 Å². The summed E-state index contributed by atoms with van der Waals surface area (Å²) in [5.74, 6) is -6.19. The van der Waals surface area contributed by atoms with Crippen LogP contribution in [-0.2, 0) is 9.53 Å². The number of rotatable bonds is 11. The number of alkyl halides is 3. The van der Waals surface area contributed by atoms with Gasteiger partial charge in [-0.1, -0.05) is 11.6 Å². The fourth-order valence-electron chi connectivity index (χ4n) is 3.26. The third-order valence-electron chi connectivity index (χ3n) is 5.27. The Morgan fingerprint density at radius 2 is 2.00 bits per heavy atom. The Morgan fingerprint density at radius 1 is 1.26 bits per heavy atom. The van der Waals surface area contributed by atoms with Crippen molar-refractivity contribution in [3.8, 4) is 17.0 Å². The number of nitrogens with zero attached hydrogens (tertiary/aromatic N) is 4. The number of esters is 1. The summed E-state index contributed by atoms with van der Waals surface area (Å²) in [5, 5.41) is 9.11. The molecule has 10 nitrogen and oxygen atoms in total. The van der Waals surface area contributed by atoms with Crippen molar-refractivity contribution in [2.45, 2.75) is 38.8 Å². The molecule has 3 rings (SSSR count). The molecule has 38 heavy (non-hydrogen) atoms. The number of benzene rings is 1. The van der Waals surface area contributed by atoms with E-state index in [2.05, 4.69) is 25.1 Å². The van der Waals surface area contributed by atoms with E-state index < -0.39 is 30.5 Å². The predicted octanol–water partition coefficient (Wildman–Crippen LogP) is 4.59. The maximum absolute atomic E-state index is 14.8. The summed E-state index contributed by atoms with van der Waals surface area (Å²) in [6.45, 7) is 3.08. The molecule has 0 aliphatic heterocycles. The Kier molecular flexibility index (Phi) is 9.15. The van der Waals surface area contributed by atoms with Gasteiger partial charge in [-0.2, -0.15) is 5.10 Å². The zero-order valence-corrected chi connectivity index (χ0v) is 21.7. The van der Waals surface area contributed by atoms with Gasteiger partial charge in [-0.05, 0) is 39.0 Å². The van der Waals surface area contributed by atoms with Crippen LogP contribution < -0.4 is 15.4 Å². The standard InChI is InChI=1S/C24H26ClF3N6O4/c1-5-38-22(36)20(27)24(28,12-26)33-21(35)14-6-7-17(18(8-14)37-4)31-23-29-10-16(25)19(32-23)15-9-30-34(11-15)13(2)3/h6-11,13,20H,5,12H2,1-4H3,(H,33,35)(H,29,31,32). The SMILES string of the molecule is CCOC(=O)C(F)C(F)(CF)NC(=O)c1ccc(Nc2ncc(Cl)c(-c3cnn(C(C)C)c3)n2)c(OC)c1. The molecule has 204 valence electrons. The molecule has 0 aliphatic rings. The maximum Gasteiger partial charge on any atom is 0.346 e. The highest BCUT2D eigenvalue weighted by atomic mass is 35.5. The lowest BCUT2D eigenvalue weighted by molar-refractivity contribution is -0.157. The Hall–Kier alpha value is -3.87. The molecule has 2 aromatic heterocycles. The molecule has 14 heteroatoms. The second-order valence-electron chi connectivity index (χ2n) is 8.30. The minimum Gasteiger partial charge on any atom is -0.495 e. The largest absolute Gasteiger partial charge is 0.495 e. The Labute approximate surface area is 221 Å². The molecular formula is C24H26ClF3N6O4. The van der Waals surface area contributed by atoms with Gasteiger partial charge in [0, 0.05) is 23.4 Å². The van der Waals surface area contributed by atoms with Crippen molar-refractivity contribution in [1.29, 1.82) is 0 Å². The van der Waals surface area contributed by atoms with E-state index in [0.29, 0.717) is 22.0 Å². The summed E-state index contributed by atoms with van der Waals surface area (Å²) in [6, 6.07) is 3.99. The summed E-state index contributed by atoms with van der Waals surface area (Å²) < 4.78 is 53.8. The molecule has 2 heterocycles. The van der Waals surface area contributed by atoms with E-state index in [4.69, 9.17) is 16.3 Å². The van der Waals surface area contributed by atoms with Crippen LogP contribution in [0.3, 0.4) is 0 Å². The third-order valence-corrected chi connectivity index (χ3v) is 5.55. The molecule has 0 saturated heterocycles. The minimum absolute atomic E-state index is 0.109. The van der Waals surface area contributed by atoms with E-state index in [0.717, 1.165) is 0 Å². The van der Waals surface area contributed by atoms with E-state index in [-0.39, 0.29) is 29.9 Å². The molecule has 0 fully saturated rings. The number of anilines is 2. The first-order chi connectivity index (χ1) is 18.0. The maximum atomic E-state index is 14.8. The van der Waals surface area contributed by atoms with Gasteiger partial charge in [0.15, 0.2) is 0 Å². The molecule has 2 atom stereocenters. The zero-order chi connectivity index (χ0) is 28.0. The molecule has 1 amide bonds. The third kappa shape index (κ3) is 6.33. The van der Waals surface area contributed by atoms with Gasteiger partial charge in [0.25, 0.3) is 17.9 Å². The molecule has 1 aromatic carbocycles. The predicted molar refractivity (Wildman–Crippen MR) is 134 cm³/mol. The number of ether oxygens (including phenoxy) is 2. The van der Waals surface area contributed by atoms with Crippen molar-refractivity contribution in [2.24, 2.45) is 0 Å². The number of hydrogen-bond acceptors (Lipinski definition) is 8. The normalized spacial score (nSPS) is 13.5. The number of carbonyl (C=O) groups excluding carboxylic acids is 2. The fraction of sp³-hybridized carbons (Fsp3) is 0.375. The van der Waals surface area contributed by atoms with Gasteiger partial charge in [-0.15, -0.1) is 0 Å². The van der Waals surface area contributed by atoms with E-state index in [1.54, 1.807) is 22.4 Å². The highest BCUT2D eigenvalue weighted by molar-refractivity contribution is 6.32. The summed E-state index contributed by atoms with van der Waals surface area (Å²) >= 11 is 6.29. The summed E-state index contributed by atoms with van der Waals surface area (Å²) in [7, 11) is 1.32. The topological polar surface area (TPSA) is 120 Å². The molecular weight excluding hydrogens is 529 g/mol. The second-order valence-corrected chi connectivity index (χ2v) is 8.71. The first-order valence-corrected chi connectivity index (χ1v) is 11.8. The number of carbonyl (C=O) groups is 2. The molecule has 0 saturated carbocycles. The highest BCUT2D eigenvalue weighted by Gasteiger charge is 2.47. The fourth-order valence-corrected chi connectivity index (χ4v) is 3.46. The Balaban J connectivity index is 1.82. The first-order valence-electron chi connectivity index (χ1n) is 11.4. The van der Waals surface area contributed by atoms with Crippen molar-refractivity contribution in [3.05, 3.63) is 47.4 Å². The quantitative estimate of drug-likeness (QED) is 0.261. The van der Waals surface area contributed by atoms with Gasteiger partial charge in [0.1, 0.15) is 12.4 Å². The first kappa shape index (κ1) is 28.7. The summed E-state index contributed by atoms with van der Waals surface area (Å²) in [4.78, 5) is 32.7. The average molecular weight is 555 g/mol. The van der Waals surface area contributed by atoms with E-state index >= 15 is 0 Å². The van der Waals surface area contributed by atoms with Crippen LogP contribution in [0.2, 0.25) is 5.02 Å². The van der Waals surface area contributed by atoms with Crippen molar-refractivity contribution in [3.63, 3.8) is 0 Å². The van der Waals surface area contributed by atoms with Gasteiger partial charge in [-0.25, -0.2) is 27.9 Å². The Bertz CT molecular complexity index is 1310. The van der Waals surface area contributed by atoms with Crippen LogP contribution in [0, 0.1) is 0 Å². The van der Waals surface area contributed by atoms with Gasteiger partial charge in [0.2, 0.25) is 5.95 Å². The van der Waals surface area contributed by atoms with Gasteiger partial charge in [-0.3, -0.25) is 9.48 Å². The van der Waals surface area contributed by atoms with Crippen LogP contribution in [0.25, 0.3) is 11.3 Å². The highest BCUT2D eigenvalue weighted by Crippen LogP contribution is 2.31. The van der Waals surface area contributed by atoms with E-state index in [9.17, 15) is 22.8 Å². The van der Waals surface area contributed by atoms with Crippen molar-refractivity contribution >= 4 is 35.1 Å². The van der Waals surface area contributed by atoms with E-state index in [1.165, 1.54) is 38.4 Å². The van der Waals surface area contributed by atoms with Crippen LogP contribution in [0.1, 0.15) is 37.2 Å². The Morgan fingerprint density at radius 3 is 2.61 bits per heavy atom. The lowest BCUT2D eigenvalue weighted by Gasteiger charge is -2.25. The molecule has 2 N–H and O–H groups in total. The summed E-state index contributed by atoms with van der Waals surface area (Å²) in [6.07, 6.45) is 1.76. The van der Waals surface area contributed by atoms with Gasteiger partial charge < -0.3 is 20.1 Å². The minimum atomic E-state index is -3.62. The lowest BCUT2D eigenvalue weighted by Crippen LogP contribution is -2.56. The number of nitrogens with one attached hydrogen (secondary N) is 2. The van der Waals surface area contributed by atoms with Gasteiger partial charge >= 0.3 is 5.97 Å². The number of methoxy groups -OCH3 is 1. The monoisotopic (exact) mass is 554 g/mol. The molecule has 3 aromatic rings. The van der Waals surface area contributed by atoms with Crippen LogP contribution in [0.15, 0.2) is 36.8 Å². The van der Waals surface area contributed by atoms with E-state index in [1.807, 2.05) is 13.8 Å². The smallest absolute Gasteiger partial charge is 0.346 e. The molecule has 0 radical (unpaired) electrons. The number of aromatic nitrogens is 4. The second kappa shape index (κ2) is 12.1. The molecule has 0 aliphatic carbocycles. The average Bonchev–Trinajstić information content (AvgIpc) is 3.40. The number of halogens is 4. The van der Waals surface area contributed by atoms with Crippen molar-refractivity contribution in [2.75, 3.05) is 25.7 Å². The molecule has 0 spiro atoms. The number of amides is 1. The van der Waals surface area contributed by atoms with Crippen LogP contribution in [-0.4, -0.2) is 64.0 Å².